The summed E-state index contributed by atoms with van der Waals surface area (Å²) in [5, 5.41) is 14.7. The van der Waals surface area contributed by atoms with E-state index in [4.69, 9.17) is 9.63 Å². The lowest BCUT2D eigenvalue weighted by Crippen LogP contribution is -2.22. The first-order valence-corrected chi connectivity index (χ1v) is 5.84. The van der Waals surface area contributed by atoms with Gasteiger partial charge in [0.25, 0.3) is 5.91 Å². The number of nitrogens with zero attached hydrogens (tertiary/aromatic N) is 1. The first-order chi connectivity index (χ1) is 9.65. The number of hydrogen-bond acceptors (Lipinski definition) is 4. The summed E-state index contributed by atoms with van der Waals surface area (Å²) in [5.41, 5.74) is 1.67. The van der Waals surface area contributed by atoms with E-state index in [1.54, 1.807) is 12.1 Å². The van der Waals surface area contributed by atoms with Crippen LogP contribution in [-0.2, 0) is 11.3 Å². The van der Waals surface area contributed by atoms with E-state index < -0.39 is 5.97 Å². The largest absolute Gasteiger partial charge is 0.478 e. The zero-order valence-corrected chi connectivity index (χ0v) is 10.4. The van der Waals surface area contributed by atoms with Gasteiger partial charge in [0.2, 0.25) is 5.76 Å². The number of aromatic nitrogens is 1. The van der Waals surface area contributed by atoms with Gasteiger partial charge in [0.15, 0.2) is 0 Å². The van der Waals surface area contributed by atoms with E-state index in [0.717, 1.165) is 17.2 Å². The molecule has 2 N–H and O–H groups in total. The minimum atomic E-state index is -0.992. The van der Waals surface area contributed by atoms with Crippen molar-refractivity contribution in [2.45, 2.75) is 6.54 Å². The van der Waals surface area contributed by atoms with Gasteiger partial charge in [-0.1, -0.05) is 29.4 Å². The molecule has 0 saturated heterocycles. The van der Waals surface area contributed by atoms with Gasteiger partial charge < -0.3 is 14.9 Å². The van der Waals surface area contributed by atoms with Crippen LogP contribution in [0.5, 0.6) is 0 Å². The van der Waals surface area contributed by atoms with Gasteiger partial charge in [-0.25, -0.2) is 4.79 Å². The van der Waals surface area contributed by atoms with Gasteiger partial charge in [0, 0.05) is 18.7 Å². The Morgan fingerprint density at radius 3 is 2.60 bits per heavy atom. The van der Waals surface area contributed by atoms with Crippen molar-refractivity contribution < 1.29 is 19.2 Å². The monoisotopic (exact) mass is 272 g/mol. The summed E-state index contributed by atoms with van der Waals surface area (Å²) in [6.45, 7) is 0.350. The predicted molar refractivity (Wildman–Crippen MR) is 70.8 cm³/mol. The number of carbonyl (C=O) groups excluding carboxylic acids is 1. The summed E-state index contributed by atoms with van der Waals surface area (Å²) in [6.07, 6.45) is 3.97. The molecule has 0 bridgehead atoms. The molecule has 2 aromatic rings. The lowest BCUT2D eigenvalue weighted by atomic mass is 10.1. The summed E-state index contributed by atoms with van der Waals surface area (Å²) in [5.74, 6) is -1.17. The highest BCUT2D eigenvalue weighted by atomic mass is 16.5. The van der Waals surface area contributed by atoms with Crippen molar-refractivity contribution in [3.8, 4) is 0 Å². The molecule has 0 saturated carbocycles. The van der Waals surface area contributed by atoms with Crippen molar-refractivity contribution in [2.24, 2.45) is 0 Å². The highest BCUT2D eigenvalue weighted by Crippen LogP contribution is 2.06. The molecule has 6 heteroatoms. The molecule has 0 atom stereocenters. The van der Waals surface area contributed by atoms with Crippen molar-refractivity contribution in [1.29, 1.82) is 0 Å². The van der Waals surface area contributed by atoms with Crippen LogP contribution in [0.2, 0.25) is 0 Å². The van der Waals surface area contributed by atoms with Gasteiger partial charge >= 0.3 is 5.97 Å². The molecule has 0 aliphatic heterocycles. The number of carbonyl (C=O) groups is 2. The van der Waals surface area contributed by atoms with Crippen molar-refractivity contribution >= 4 is 18.0 Å². The van der Waals surface area contributed by atoms with Crippen molar-refractivity contribution in [3.63, 3.8) is 0 Å². The number of nitrogens with one attached hydrogen (secondary N) is 1. The summed E-state index contributed by atoms with van der Waals surface area (Å²) in [6, 6.07) is 8.64. The Balaban J connectivity index is 1.91. The maximum Gasteiger partial charge on any atom is 0.328 e. The SMILES string of the molecule is O=C(O)C=Cc1ccc(CNC(=O)c2ccno2)cc1. The molecule has 2 rings (SSSR count). The highest BCUT2D eigenvalue weighted by Gasteiger charge is 2.08. The predicted octanol–water partition coefficient (Wildman–Crippen LogP) is 1.70. The quantitative estimate of drug-likeness (QED) is 0.808. The summed E-state index contributed by atoms with van der Waals surface area (Å²) in [7, 11) is 0. The highest BCUT2D eigenvalue weighted by molar-refractivity contribution is 5.91. The van der Waals surface area contributed by atoms with Gasteiger partial charge in [-0.05, 0) is 17.2 Å². The minimum absolute atomic E-state index is 0.158. The third kappa shape index (κ3) is 3.81. The minimum Gasteiger partial charge on any atom is -0.478 e. The third-order valence-corrected chi connectivity index (χ3v) is 2.51. The third-order valence-electron chi connectivity index (χ3n) is 2.51. The zero-order chi connectivity index (χ0) is 14.4. The van der Waals surface area contributed by atoms with Crippen LogP contribution in [0.4, 0.5) is 0 Å². The molecular formula is C14H12N2O4. The molecule has 1 aromatic carbocycles. The molecule has 0 fully saturated rings. The van der Waals surface area contributed by atoms with E-state index in [1.807, 2.05) is 12.1 Å². The zero-order valence-electron chi connectivity index (χ0n) is 10.4. The van der Waals surface area contributed by atoms with E-state index >= 15 is 0 Å². The van der Waals surface area contributed by atoms with Crippen LogP contribution in [0.1, 0.15) is 21.7 Å². The second-order valence-corrected chi connectivity index (χ2v) is 3.97. The van der Waals surface area contributed by atoms with E-state index in [9.17, 15) is 9.59 Å². The number of carboxylic acids is 1. The summed E-state index contributed by atoms with van der Waals surface area (Å²) < 4.78 is 4.73. The Hall–Kier alpha value is -2.89. The van der Waals surface area contributed by atoms with Crippen LogP contribution in [-0.4, -0.2) is 22.1 Å². The van der Waals surface area contributed by atoms with Crippen molar-refractivity contribution in [3.05, 3.63) is 59.5 Å². The van der Waals surface area contributed by atoms with Crippen LogP contribution in [0.15, 0.2) is 47.1 Å². The standard InChI is InChI=1S/C14H12N2O4/c17-13(18)6-5-10-1-3-11(4-2-10)9-15-14(19)12-7-8-16-20-12/h1-8H,9H2,(H,15,19)(H,17,18). The number of benzene rings is 1. The molecule has 0 spiro atoms. The smallest absolute Gasteiger partial charge is 0.328 e. The van der Waals surface area contributed by atoms with Crippen LogP contribution >= 0.6 is 0 Å². The van der Waals surface area contributed by atoms with Crippen molar-refractivity contribution in [1.82, 2.24) is 10.5 Å². The molecule has 0 aliphatic carbocycles. The fourth-order valence-corrected chi connectivity index (χ4v) is 1.52. The number of rotatable bonds is 5. The van der Waals surface area contributed by atoms with Gasteiger partial charge in [-0.2, -0.15) is 0 Å². The lowest BCUT2D eigenvalue weighted by Gasteiger charge is -2.03. The topological polar surface area (TPSA) is 92.4 Å². The fraction of sp³-hybridized carbons (Fsp3) is 0.0714. The molecule has 20 heavy (non-hydrogen) atoms. The van der Waals surface area contributed by atoms with Crippen LogP contribution in [0.3, 0.4) is 0 Å². The first kappa shape index (κ1) is 13.5. The second kappa shape index (κ2) is 6.33. The average Bonchev–Trinajstić information content (AvgIpc) is 2.98. The Bertz CT molecular complexity index is 615. The van der Waals surface area contributed by atoms with E-state index in [2.05, 4.69) is 10.5 Å². The molecule has 6 nitrogen and oxygen atoms in total. The van der Waals surface area contributed by atoms with Crippen LogP contribution in [0.25, 0.3) is 6.08 Å². The molecule has 1 heterocycles. The first-order valence-electron chi connectivity index (χ1n) is 5.84. The van der Waals surface area contributed by atoms with E-state index in [-0.39, 0.29) is 11.7 Å². The normalized spacial score (nSPS) is 10.6. The maximum atomic E-state index is 11.6. The van der Waals surface area contributed by atoms with Gasteiger partial charge in [0.1, 0.15) is 0 Å². The Kier molecular flexibility index (Phi) is 4.28. The van der Waals surface area contributed by atoms with Gasteiger partial charge in [-0.15, -0.1) is 0 Å². The molecular weight excluding hydrogens is 260 g/mol. The number of amides is 1. The molecule has 102 valence electrons. The van der Waals surface area contributed by atoms with Crippen molar-refractivity contribution in [2.75, 3.05) is 0 Å². The number of hydrogen-bond donors (Lipinski definition) is 2. The Morgan fingerprint density at radius 2 is 2.00 bits per heavy atom. The lowest BCUT2D eigenvalue weighted by molar-refractivity contribution is -0.131. The second-order valence-electron chi connectivity index (χ2n) is 3.97. The fourth-order valence-electron chi connectivity index (χ4n) is 1.52. The van der Waals surface area contributed by atoms with Gasteiger partial charge in [0.05, 0.1) is 6.20 Å². The molecule has 1 aromatic heterocycles. The van der Waals surface area contributed by atoms with E-state index in [1.165, 1.54) is 18.3 Å². The maximum absolute atomic E-state index is 11.6. The van der Waals surface area contributed by atoms with E-state index in [0.29, 0.717) is 6.54 Å². The summed E-state index contributed by atoms with van der Waals surface area (Å²) >= 11 is 0. The number of carboxylic acid groups (broad SMARTS) is 1. The molecule has 0 aliphatic rings. The Labute approximate surface area is 114 Å². The average molecular weight is 272 g/mol. The van der Waals surface area contributed by atoms with Crippen LogP contribution < -0.4 is 5.32 Å². The van der Waals surface area contributed by atoms with Gasteiger partial charge in [-0.3, -0.25) is 4.79 Å². The molecule has 0 unspecified atom stereocenters. The Morgan fingerprint density at radius 1 is 1.25 bits per heavy atom. The van der Waals surface area contributed by atoms with Crippen LogP contribution in [0, 0.1) is 0 Å². The molecule has 1 amide bonds. The summed E-state index contributed by atoms with van der Waals surface area (Å²) in [4.78, 5) is 22.0. The number of aliphatic carboxylic acids is 1. The molecule has 0 radical (unpaired) electrons.